The maximum Gasteiger partial charge on any atom is 0.119 e. The van der Waals surface area contributed by atoms with Crippen LogP contribution < -0.4 is 4.74 Å². The van der Waals surface area contributed by atoms with Gasteiger partial charge in [-0.1, -0.05) is 49.4 Å². The standard InChI is InChI=1S/C18H21ClO2/c1-2-18(20,14-15-6-4-3-5-7-15)16-8-10-17(11-9-16)21-13-12-19/h3-11,20H,2,12-14H2,1H3. The minimum absolute atomic E-state index is 0.467. The second kappa shape index (κ2) is 7.48. The van der Waals surface area contributed by atoms with Crippen LogP contribution in [0.4, 0.5) is 0 Å². The molecule has 1 N–H and O–H groups in total. The molecule has 0 spiro atoms. The predicted molar refractivity (Wildman–Crippen MR) is 87.0 cm³/mol. The molecule has 0 heterocycles. The normalized spacial score (nSPS) is 13.7. The fourth-order valence-electron chi connectivity index (χ4n) is 2.38. The van der Waals surface area contributed by atoms with Gasteiger partial charge in [-0.25, -0.2) is 0 Å². The van der Waals surface area contributed by atoms with E-state index in [1.807, 2.05) is 61.5 Å². The average Bonchev–Trinajstić information content (AvgIpc) is 2.54. The zero-order chi connectivity index (χ0) is 15.1. The zero-order valence-corrected chi connectivity index (χ0v) is 13.0. The molecule has 0 aliphatic heterocycles. The zero-order valence-electron chi connectivity index (χ0n) is 12.3. The van der Waals surface area contributed by atoms with Gasteiger partial charge in [0, 0.05) is 6.42 Å². The summed E-state index contributed by atoms with van der Waals surface area (Å²) in [5.74, 6) is 1.24. The monoisotopic (exact) mass is 304 g/mol. The Balaban J connectivity index is 2.15. The molecule has 3 heteroatoms. The maximum atomic E-state index is 10.9. The molecule has 1 atom stereocenters. The van der Waals surface area contributed by atoms with Gasteiger partial charge in [-0.05, 0) is 29.7 Å². The summed E-state index contributed by atoms with van der Waals surface area (Å²) >= 11 is 5.60. The van der Waals surface area contributed by atoms with Crippen molar-refractivity contribution < 1.29 is 9.84 Å². The van der Waals surface area contributed by atoms with E-state index in [9.17, 15) is 5.11 Å². The van der Waals surface area contributed by atoms with Gasteiger partial charge in [0.05, 0.1) is 11.5 Å². The molecule has 0 amide bonds. The Kier molecular flexibility index (Phi) is 5.66. The predicted octanol–water partition coefficient (Wildman–Crippen LogP) is 4.14. The number of alkyl halides is 1. The van der Waals surface area contributed by atoms with Crippen LogP contribution in [0.15, 0.2) is 54.6 Å². The van der Waals surface area contributed by atoms with Gasteiger partial charge in [-0.3, -0.25) is 0 Å². The first-order chi connectivity index (χ1) is 10.2. The number of benzene rings is 2. The van der Waals surface area contributed by atoms with Crippen molar-refractivity contribution in [2.45, 2.75) is 25.4 Å². The lowest BCUT2D eigenvalue weighted by atomic mass is 9.85. The molecule has 21 heavy (non-hydrogen) atoms. The van der Waals surface area contributed by atoms with Crippen molar-refractivity contribution in [3.05, 3.63) is 65.7 Å². The Morgan fingerprint density at radius 2 is 1.71 bits per heavy atom. The molecule has 2 nitrogen and oxygen atoms in total. The Morgan fingerprint density at radius 3 is 2.29 bits per heavy atom. The molecule has 112 valence electrons. The lowest BCUT2D eigenvalue weighted by Crippen LogP contribution is -2.27. The van der Waals surface area contributed by atoms with Gasteiger partial charge in [0.2, 0.25) is 0 Å². The summed E-state index contributed by atoms with van der Waals surface area (Å²) in [5, 5.41) is 10.9. The summed E-state index contributed by atoms with van der Waals surface area (Å²) in [6.07, 6.45) is 1.26. The lowest BCUT2D eigenvalue weighted by Gasteiger charge is -2.28. The molecule has 0 aromatic heterocycles. The number of halogens is 1. The van der Waals surface area contributed by atoms with E-state index in [0.29, 0.717) is 25.3 Å². The van der Waals surface area contributed by atoms with Gasteiger partial charge >= 0.3 is 0 Å². The lowest BCUT2D eigenvalue weighted by molar-refractivity contribution is 0.0327. The molecule has 1 unspecified atom stereocenters. The van der Waals surface area contributed by atoms with Gasteiger partial charge in [-0.2, -0.15) is 0 Å². The van der Waals surface area contributed by atoms with E-state index < -0.39 is 5.60 Å². The summed E-state index contributed by atoms with van der Waals surface area (Å²) in [6.45, 7) is 2.49. The van der Waals surface area contributed by atoms with Crippen LogP contribution >= 0.6 is 11.6 Å². The summed E-state index contributed by atoms with van der Waals surface area (Å²) in [7, 11) is 0. The average molecular weight is 305 g/mol. The van der Waals surface area contributed by atoms with Crippen LogP contribution in [-0.4, -0.2) is 17.6 Å². The fourth-order valence-corrected chi connectivity index (χ4v) is 2.46. The largest absolute Gasteiger partial charge is 0.492 e. The van der Waals surface area contributed by atoms with Crippen molar-refractivity contribution in [2.24, 2.45) is 0 Å². The van der Waals surface area contributed by atoms with Gasteiger partial charge in [0.25, 0.3) is 0 Å². The fraction of sp³-hybridized carbons (Fsp3) is 0.333. The Labute approximate surface area is 131 Å². The number of hydrogen-bond donors (Lipinski definition) is 1. The highest BCUT2D eigenvalue weighted by molar-refractivity contribution is 6.18. The van der Waals surface area contributed by atoms with Crippen molar-refractivity contribution in [3.63, 3.8) is 0 Å². The van der Waals surface area contributed by atoms with E-state index in [1.54, 1.807) is 0 Å². The first-order valence-corrected chi connectivity index (χ1v) is 7.77. The second-order valence-corrected chi connectivity index (χ2v) is 5.49. The van der Waals surface area contributed by atoms with Crippen molar-refractivity contribution in [1.29, 1.82) is 0 Å². The van der Waals surface area contributed by atoms with Crippen LogP contribution in [0.3, 0.4) is 0 Å². The minimum atomic E-state index is -0.855. The van der Waals surface area contributed by atoms with E-state index in [2.05, 4.69) is 0 Å². The summed E-state index contributed by atoms with van der Waals surface area (Å²) in [5.41, 5.74) is 1.18. The van der Waals surface area contributed by atoms with E-state index in [1.165, 1.54) is 0 Å². The van der Waals surface area contributed by atoms with Crippen LogP contribution in [-0.2, 0) is 12.0 Å². The van der Waals surface area contributed by atoms with Crippen molar-refractivity contribution in [2.75, 3.05) is 12.5 Å². The first kappa shape index (κ1) is 15.9. The molecular formula is C18H21ClO2. The van der Waals surface area contributed by atoms with Crippen LogP contribution in [0.5, 0.6) is 5.75 Å². The number of ether oxygens (including phenoxy) is 1. The molecule has 0 aliphatic rings. The van der Waals surface area contributed by atoms with E-state index in [-0.39, 0.29) is 0 Å². The van der Waals surface area contributed by atoms with Crippen LogP contribution in [0.25, 0.3) is 0 Å². The van der Waals surface area contributed by atoms with E-state index in [0.717, 1.165) is 16.9 Å². The molecule has 0 fully saturated rings. The summed E-state index contributed by atoms with van der Waals surface area (Å²) in [6, 6.07) is 17.7. The third kappa shape index (κ3) is 4.23. The van der Waals surface area contributed by atoms with Crippen molar-refractivity contribution in [3.8, 4) is 5.75 Å². The Hall–Kier alpha value is -1.51. The van der Waals surface area contributed by atoms with Gasteiger partial charge in [-0.15, -0.1) is 11.6 Å². The molecular weight excluding hydrogens is 284 g/mol. The molecule has 0 radical (unpaired) electrons. The smallest absolute Gasteiger partial charge is 0.119 e. The molecule has 2 rings (SSSR count). The van der Waals surface area contributed by atoms with Crippen molar-refractivity contribution >= 4 is 11.6 Å². The van der Waals surface area contributed by atoms with Gasteiger partial charge in [0.1, 0.15) is 12.4 Å². The topological polar surface area (TPSA) is 29.5 Å². The van der Waals surface area contributed by atoms with Gasteiger partial charge < -0.3 is 9.84 Å². The molecule has 0 bridgehead atoms. The quantitative estimate of drug-likeness (QED) is 0.779. The summed E-state index contributed by atoms with van der Waals surface area (Å²) < 4.78 is 5.46. The Morgan fingerprint density at radius 1 is 1.05 bits per heavy atom. The van der Waals surface area contributed by atoms with Crippen molar-refractivity contribution in [1.82, 2.24) is 0 Å². The Bertz CT molecular complexity index is 539. The highest BCUT2D eigenvalue weighted by Gasteiger charge is 2.27. The maximum absolute atomic E-state index is 10.9. The second-order valence-electron chi connectivity index (χ2n) is 5.11. The number of aliphatic hydroxyl groups is 1. The molecule has 2 aromatic carbocycles. The van der Waals surface area contributed by atoms with Gasteiger partial charge in [0.15, 0.2) is 0 Å². The van der Waals surface area contributed by atoms with E-state index in [4.69, 9.17) is 16.3 Å². The van der Waals surface area contributed by atoms with Crippen LogP contribution in [0, 0.1) is 0 Å². The number of hydrogen-bond acceptors (Lipinski definition) is 2. The first-order valence-electron chi connectivity index (χ1n) is 7.23. The highest BCUT2D eigenvalue weighted by atomic mass is 35.5. The molecule has 0 saturated heterocycles. The SMILES string of the molecule is CCC(O)(Cc1ccccc1)c1ccc(OCCCl)cc1. The molecule has 0 aliphatic carbocycles. The molecule has 0 saturated carbocycles. The van der Waals surface area contributed by atoms with E-state index >= 15 is 0 Å². The van der Waals surface area contributed by atoms with Crippen LogP contribution in [0.1, 0.15) is 24.5 Å². The summed E-state index contributed by atoms with van der Waals surface area (Å²) in [4.78, 5) is 0. The number of rotatable bonds is 7. The highest BCUT2D eigenvalue weighted by Crippen LogP contribution is 2.30. The minimum Gasteiger partial charge on any atom is -0.492 e. The molecule has 2 aromatic rings. The van der Waals surface area contributed by atoms with Crippen LogP contribution in [0.2, 0.25) is 0 Å². The third-order valence-electron chi connectivity index (χ3n) is 3.66. The third-order valence-corrected chi connectivity index (χ3v) is 3.82.